The molecular formula is C14H17O. The van der Waals surface area contributed by atoms with Crippen LogP contribution in [-0.2, 0) is 0 Å². The standard InChI is InChI=1S/C14H17O/c1-4-5-6-7-13-8-10-14(11-9-13)15-12(2)3/h4-12H,1H2,2-3H3/b5-4+,7-6+. The number of benzene rings is 1. The summed E-state index contributed by atoms with van der Waals surface area (Å²) in [5, 5.41) is 0. The van der Waals surface area contributed by atoms with Crippen molar-refractivity contribution in [1.29, 1.82) is 0 Å². The Morgan fingerprint density at radius 3 is 2.33 bits per heavy atom. The predicted molar refractivity (Wildman–Crippen MR) is 65.7 cm³/mol. The van der Waals surface area contributed by atoms with Crippen LogP contribution in [0.25, 0.3) is 6.08 Å². The summed E-state index contributed by atoms with van der Waals surface area (Å²) in [6.07, 6.45) is 7.87. The first-order valence-corrected chi connectivity index (χ1v) is 5.11. The normalized spacial score (nSPS) is 11.7. The highest BCUT2D eigenvalue weighted by molar-refractivity contribution is 5.52. The molecule has 0 unspecified atom stereocenters. The van der Waals surface area contributed by atoms with Crippen LogP contribution in [0.3, 0.4) is 0 Å². The summed E-state index contributed by atoms with van der Waals surface area (Å²) >= 11 is 0. The third-order valence-electron chi connectivity index (χ3n) is 1.79. The van der Waals surface area contributed by atoms with Gasteiger partial charge in [-0.15, -0.1) is 0 Å². The summed E-state index contributed by atoms with van der Waals surface area (Å²) in [7, 11) is 0. The summed E-state index contributed by atoms with van der Waals surface area (Å²) < 4.78 is 5.55. The number of ether oxygens (including phenoxy) is 1. The molecule has 0 aromatic heterocycles. The van der Waals surface area contributed by atoms with E-state index in [2.05, 4.69) is 6.92 Å². The molecule has 1 rings (SSSR count). The van der Waals surface area contributed by atoms with Gasteiger partial charge in [0, 0.05) is 0 Å². The molecule has 1 aromatic rings. The molecule has 0 amide bonds. The van der Waals surface area contributed by atoms with Crippen LogP contribution in [0.4, 0.5) is 0 Å². The van der Waals surface area contributed by atoms with Crippen LogP contribution >= 0.6 is 0 Å². The molecular weight excluding hydrogens is 184 g/mol. The average molecular weight is 201 g/mol. The Morgan fingerprint density at radius 1 is 1.13 bits per heavy atom. The van der Waals surface area contributed by atoms with Crippen LogP contribution in [-0.4, -0.2) is 6.10 Å². The second-order valence-electron chi connectivity index (χ2n) is 3.52. The van der Waals surface area contributed by atoms with Gasteiger partial charge in [0.15, 0.2) is 0 Å². The lowest BCUT2D eigenvalue weighted by atomic mass is 10.2. The molecule has 0 heterocycles. The van der Waals surface area contributed by atoms with Crippen molar-refractivity contribution in [3.63, 3.8) is 0 Å². The summed E-state index contributed by atoms with van der Waals surface area (Å²) in [6.45, 7) is 7.65. The molecule has 0 N–H and O–H groups in total. The lowest BCUT2D eigenvalue weighted by Gasteiger charge is -2.09. The molecule has 1 radical (unpaired) electrons. The first kappa shape index (κ1) is 11.6. The molecule has 0 saturated heterocycles. The van der Waals surface area contributed by atoms with Crippen molar-refractivity contribution in [2.24, 2.45) is 0 Å². The van der Waals surface area contributed by atoms with Crippen molar-refractivity contribution in [3.05, 3.63) is 55.0 Å². The monoisotopic (exact) mass is 201 g/mol. The van der Waals surface area contributed by atoms with Gasteiger partial charge in [0.2, 0.25) is 0 Å². The Bertz CT molecular complexity index is 331. The van der Waals surface area contributed by atoms with E-state index in [1.54, 1.807) is 6.08 Å². The van der Waals surface area contributed by atoms with Crippen molar-refractivity contribution in [3.8, 4) is 5.75 Å². The van der Waals surface area contributed by atoms with E-state index >= 15 is 0 Å². The van der Waals surface area contributed by atoms with Crippen molar-refractivity contribution in [2.45, 2.75) is 20.0 Å². The van der Waals surface area contributed by atoms with Gasteiger partial charge in [0.1, 0.15) is 5.75 Å². The minimum absolute atomic E-state index is 0.223. The van der Waals surface area contributed by atoms with Gasteiger partial charge in [-0.05, 0) is 38.5 Å². The highest BCUT2D eigenvalue weighted by atomic mass is 16.5. The number of allylic oxidation sites excluding steroid dienone is 3. The van der Waals surface area contributed by atoms with Crippen molar-refractivity contribution in [2.75, 3.05) is 0 Å². The molecule has 0 aliphatic heterocycles. The topological polar surface area (TPSA) is 9.23 Å². The maximum Gasteiger partial charge on any atom is 0.119 e. The molecule has 15 heavy (non-hydrogen) atoms. The largest absolute Gasteiger partial charge is 0.491 e. The van der Waals surface area contributed by atoms with Gasteiger partial charge in [-0.25, -0.2) is 0 Å². The van der Waals surface area contributed by atoms with E-state index in [1.807, 2.05) is 56.3 Å². The van der Waals surface area contributed by atoms with Crippen LogP contribution in [0.1, 0.15) is 19.4 Å². The van der Waals surface area contributed by atoms with Gasteiger partial charge in [0.05, 0.1) is 6.10 Å². The fourth-order valence-electron chi connectivity index (χ4n) is 1.17. The third-order valence-corrected chi connectivity index (χ3v) is 1.79. The second kappa shape index (κ2) is 6.07. The van der Waals surface area contributed by atoms with Gasteiger partial charge in [-0.2, -0.15) is 0 Å². The van der Waals surface area contributed by atoms with Gasteiger partial charge in [-0.3, -0.25) is 0 Å². The molecule has 0 saturated carbocycles. The quantitative estimate of drug-likeness (QED) is 0.672. The summed E-state index contributed by atoms with van der Waals surface area (Å²) in [5.74, 6) is 0.912. The summed E-state index contributed by atoms with van der Waals surface area (Å²) in [5.41, 5.74) is 1.16. The summed E-state index contributed by atoms with van der Waals surface area (Å²) in [4.78, 5) is 0. The van der Waals surface area contributed by atoms with E-state index in [1.165, 1.54) is 0 Å². The minimum Gasteiger partial charge on any atom is -0.491 e. The third kappa shape index (κ3) is 4.50. The highest BCUT2D eigenvalue weighted by Gasteiger charge is 1.95. The summed E-state index contributed by atoms with van der Waals surface area (Å²) in [6, 6.07) is 8.03. The molecule has 79 valence electrons. The maximum atomic E-state index is 5.55. The predicted octanol–water partition coefficient (Wildman–Crippen LogP) is 3.88. The first-order chi connectivity index (χ1) is 7.22. The van der Waals surface area contributed by atoms with Crippen LogP contribution < -0.4 is 4.74 Å². The number of rotatable bonds is 4. The van der Waals surface area contributed by atoms with Crippen molar-refractivity contribution >= 4 is 6.08 Å². The molecule has 1 heteroatoms. The Labute approximate surface area is 92.1 Å². The van der Waals surface area contributed by atoms with E-state index in [9.17, 15) is 0 Å². The van der Waals surface area contributed by atoms with E-state index in [-0.39, 0.29) is 6.10 Å². The number of hydrogen-bond acceptors (Lipinski definition) is 1. The Kier molecular flexibility index (Phi) is 4.69. The first-order valence-electron chi connectivity index (χ1n) is 5.11. The molecule has 0 bridgehead atoms. The fraction of sp³-hybridized carbons (Fsp3) is 0.214. The van der Waals surface area contributed by atoms with E-state index in [0.717, 1.165) is 11.3 Å². The number of hydrogen-bond donors (Lipinski definition) is 0. The average Bonchev–Trinajstić information content (AvgIpc) is 2.20. The van der Waals surface area contributed by atoms with Gasteiger partial charge in [0.25, 0.3) is 0 Å². The minimum atomic E-state index is 0.223. The second-order valence-corrected chi connectivity index (χ2v) is 3.52. The lowest BCUT2D eigenvalue weighted by molar-refractivity contribution is 0.242. The molecule has 1 aromatic carbocycles. The van der Waals surface area contributed by atoms with Gasteiger partial charge < -0.3 is 4.74 Å². The van der Waals surface area contributed by atoms with Crippen LogP contribution in [0.5, 0.6) is 5.75 Å². The molecule has 0 aliphatic carbocycles. The molecule has 0 aliphatic rings. The zero-order chi connectivity index (χ0) is 11.1. The highest BCUT2D eigenvalue weighted by Crippen LogP contribution is 2.14. The van der Waals surface area contributed by atoms with Crippen LogP contribution in [0, 0.1) is 6.92 Å². The molecule has 0 spiro atoms. The van der Waals surface area contributed by atoms with Crippen molar-refractivity contribution in [1.82, 2.24) is 0 Å². The Balaban J connectivity index is 2.64. The lowest BCUT2D eigenvalue weighted by Crippen LogP contribution is -2.05. The molecule has 1 nitrogen and oxygen atoms in total. The van der Waals surface area contributed by atoms with E-state index in [4.69, 9.17) is 4.74 Å². The van der Waals surface area contributed by atoms with Crippen LogP contribution in [0.15, 0.2) is 42.5 Å². The Morgan fingerprint density at radius 2 is 1.80 bits per heavy atom. The van der Waals surface area contributed by atoms with Gasteiger partial charge >= 0.3 is 0 Å². The molecule has 0 atom stereocenters. The fourth-order valence-corrected chi connectivity index (χ4v) is 1.17. The van der Waals surface area contributed by atoms with Crippen molar-refractivity contribution < 1.29 is 4.74 Å². The van der Waals surface area contributed by atoms with Gasteiger partial charge in [-0.1, -0.05) is 36.4 Å². The van der Waals surface area contributed by atoms with Crippen LogP contribution in [0.2, 0.25) is 0 Å². The Hall–Kier alpha value is -1.50. The zero-order valence-corrected chi connectivity index (χ0v) is 9.31. The SMILES string of the molecule is [CH2]/C=C/C=C/c1ccc(OC(C)C)cc1. The zero-order valence-electron chi connectivity index (χ0n) is 9.31. The maximum absolute atomic E-state index is 5.55. The smallest absolute Gasteiger partial charge is 0.119 e. The van der Waals surface area contributed by atoms with E-state index < -0.39 is 0 Å². The molecule has 0 fully saturated rings. The van der Waals surface area contributed by atoms with E-state index in [0.29, 0.717) is 0 Å².